The largest absolute Gasteiger partial charge is 0.312 e. The third kappa shape index (κ3) is 1.98. The van der Waals surface area contributed by atoms with Crippen molar-refractivity contribution in [3.05, 3.63) is 0 Å². The maximum Gasteiger partial charge on any atom is 0.0127 e. The summed E-state index contributed by atoms with van der Waals surface area (Å²) < 4.78 is 0. The third-order valence-corrected chi connectivity index (χ3v) is 2.53. The Morgan fingerprint density at radius 1 is 1.50 bits per heavy atom. The molecule has 1 rings (SSSR count). The minimum atomic E-state index is 0.402. The Hall–Kier alpha value is -0.0400. The summed E-state index contributed by atoms with van der Waals surface area (Å²) in [4.78, 5) is 0. The Morgan fingerprint density at radius 3 is 2.60 bits per heavy atom. The quantitative estimate of drug-likeness (QED) is 0.590. The fourth-order valence-corrected chi connectivity index (χ4v) is 1.86. The van der Waals surface area contributed by atoms with Crippen LogP contribution in [0.5, 0.6) is 0 Å². The maximum absolute atomic E-state index is 3.52. The molecular formula is C9H19N. The molecule has 10 heavy (non-hydrogen) atoms. The predicted molar refractivity (Wildman–Crippen MR) is 45.1 cm³/mol. The van der Waals surface area contributed by atoms with Gasteiger partial charge in [-0.05, 0) is 39.2 Å². The second-order valence-corrected chi connectivity index (χ2v) is 4.08. The SMILES string of the molecule is CC[C@@H]1CCNC(C)(C)C1. The van der Waals surface area contributed by atoms with Gasteiger partial charge in [0.1, 0.15) is 0 Å². The average Bonchev–Trinajstić information content (AvgIpc) is 1.86. The van der Waals surface area contributed by atoms with Crippen molar-refractivity contribution < 1.29 is 0 Å². The molecule has 60 valence electrons. The van der Waals surface area contributed by atoms with Crippen LogP contribution in [-0.2, 0) is 0 Å². The fourth-order valence-electron chi connectivity index (χ4n) is 1.86. The Bertz CT molecular complexity index is 107. The average molecular weight is 141 g/mol. The van der Waals surface area contributed by atoms with Crippen molar-refractivity contribution in [3.8, 4) is 0 Å². The second-order valence-electron chi connectivity index (χ2n) is 4.08. The first-order valence-electron chi connectivity index (χ1n) is 4.39. The van der Waals surface area contributed by atoms with Crippen LogP contribution in [0, 0.1) is 5.92 Å². The van der Waals surface area contributed by atoms with E-state index in [2.05, 4.69) is 26.1 Å². The van der Waals surface area contributed by atoms with Crippen molar-refractivity contribution >= 4 is 0 Å². The van der Waals surface area contributed by atoms with Gasteiger partial charge in [-0.1, -0.05) is 13.3 Å². The number of piperidine rings is 1. The van der Waals surface area contributed by atoms with Crippen LogP contribution >= 0.6 is 0 Å². The van der Waals surface area contributed by atoms with E-state index in [1.807, 2.05) is 0 Å². The molecule has 0 aromatic carbocycles. The van der Waals surface area contributed by atoms with Crippen LogP contribution in [0.25, 0.3) is 0 Å². The Kier molecular flexibility index (Phi) is 2.35. The van der Waals surface area contributed by atoms with Gasteiger partial charge in [-0.25, -0.2) is 0 Å². The second kappa shape index (κ2) is 2.91. The number of rotatable bonds is 1. The molecule has 1 aliphatic rings. The van der Waals surface area contributed by atoms with Gasteiger partial charge in [0.25, 0.3) is 0 Å². The molecule has 0 amide bonds. The monoisotopic (exact) mass is 141 g/mol. The van der Waals surface area contributed by atoms with Crippen molar-refractivity contribution in [2.75, 3.05) is 6.54 Å². The summed E-state index contributed by atoms with van der Waals surface area (Å²) in [6, 6.07) is 0. The summed E-state index contributed by atoms with van der Waals surface area (Å²) in [7, 11) is 0. The molecule has 0 radical (unpaired) electrons. The molecule has 1 saturated heterocycles. The molecule has 0 aliphatic carbocycles. The number of hydrogen-bond acceptors (Lipinski definition) is 1. The minimum absolute atomic E-state index is 0.402. The lowest BCUT2D eigenvalue weighted by Crippen LogP contribution is -2.46. The molecule has 0 bridgehead atoms. The topological polar surface area (TPSA) is 12.0 Å². The highest BCUT2D eigenvalue weighted by Crippen LogP contribution is 2.25. The lowest BCUT2D eigenvalue weighted by atomic mass is 9.83. The molecule has 0 spiro atoms. The van der Waals surface area contributed by atoms with Crippen LogP contribution in [0.1, 0.15) is 40.0 Å². The van der Waals surface area contributed by atoms with Gasteiger partial charge < -0.3 is 5.32 Å². The van der Waals surface area contributed by atoms with E-state index in [4.69, 9.17) is 0 Å². The van der Waals surface area contributed by atoms with Gasteiger partial charge in [-0.15, -0.1) is 0 Å². The highest BCUT2D eigenvalue weighted by molar-refractivity contribution is 4.85. The molecular weight excluding hydrogens is 122 g/mol. The Morgan fingerprint density at radius 2 is 2.20 bits per heavy atom. The molecule has 1 fully saturated rings. The highest BCUT2D eigenvalue weighted by atomic mass is 15.0. The van der Waals surface area contributed by atoms with Crippen LogP contribution in [0.3, 0.4) is 0 Å². The summed E-state index contributed by atoms with van der Waals surface area (Å²) >= 11 is 0. The summed E-state index contributed by atoms with van der Waals surface area (Å²) in [6.07, 6.45) is 4.08. The summed E-state index contributed by atoms with van der Waals surface area (Å²) in [5.74, 6) is 0.969. The van der Waals surface area contributed by atoms with Crippen LogP contribution < -0.4 is 5.32 Å². The first-order valence-corrected chi connectivity index (χ1v) is 4.39. The first kappa shape index (κ1) is 8.06. The van der Waals surface area contributed by atoms with E-state index in [0.717, 1.165) is 5.92 Å². The van der Waals surface area contributed by atoms with Gasteiger partial charge in [-0.2, -0.15) is 0 Å². The van der Waals surface area contributed by atoms with Gasteiger partial charge in [-0.3, -0.25) is 0 Å². The van der Waals surface area contributed by atoms with Crippen molar-refractivity contribution in [2.24, 2.45) is 5.92 Å². The molecule has 1 nitrogen and oxygen atoms in total. The molecule has 1 heteroatoms. The molecule has 0 unspecified atom stereocenters. The Labute approximate surface area is 64.2 Å². The standard InChI is InChI=1S/C9H19N/c1-4-8-5-6-10-9(2,3)7-8/h8,10H,4-7H2,1-3H3/t8-/m1/s1. The van der Waals surface area contributed by atoms with Gasteiger partial charge in [0.2, 0.25) is 0 Å². The smallest absolute Gasteiger partial charge is 0.0127 e. The summed E-state index contributed by atoms with van der Waals surface area (Å²) in [5, 5.41) is 3.52. The molecule has 1 heterocycles. The number of nitrogens with one attached hydrogen (secondary N) is 1. The van der Waals surface area contributed by atoms with E-state index < -0.39 is 0 Å². The molecule has 1 atom stereocenters. The van der Waals surface area contributed by atoms with Crippen LogP contribution in [-0.4, -0.2) is 12.1 Å². The van der Waals surface area contributed by atoms with Gasteiger partial charge >= 0.3 is 0 Å². The zero-order valence-corrected chi connectivity index (χ0v) is 7.41. The summed E-state index contributed by atoms with van der Waals surface area (Å²) in [6.45, 7) is 8.11. The molecule has 1 aliphatic heterocycles. The van der Waals surface area contributed by atoms with Crippen molar-refractivity contribution in [1.82, 2.24) is 5.32 Å². The molecule has 0 aromatic rings. The molecule has 0 aromatic heterocycles. The Balaban J connectivity index is 2.40. The van der Waals surface area contributed by atoms with Crippen LogP contribution in [0.4, 0.5) is 0 Å². The zero-order chi connectivity index (χ0) is 7.61. The van der Waals surface area contributed by atoms with Crippen molar-refractivity contribution in [3.63, 3.8) is 0 Å². The van der Waals surface area contributed by atoms with E-state index in [-0.39, 0.29) is 0 Å². The summed E-state index contributed by atoms with van der Waals surface area (Å²) in [5.41, 5.74) is 0.402. The van der Waals surface area contributed by atoms with Gasteiger partial charge in [0.15, 0.2) is 0 Å². The van der Waals surface area contributed by atoms with Gasteiger partial charge in [0.05, 0.1) is 0 Å². The maximum atomic E-state index is 3.52. The van der Waals surface area contributed by atoms with E-state index in [0.29, 0.717) is 5.54 Å². The van der Waals surface area contributed by atoms with Crippen LogP contribution in [0.15, 0.2) is 0 Å². The fraction of sp³-hybridized carbons (Fsp3) is 1.00. The first-order chi connectivity index (χ1) is 4.64. The molecule has 1 N–H and O–H groups in total. The highest BCUT2D eigenvalue weighted by Gasteiger charge is 2.25. The number of hydrogen-bond donors (Lipinski definition) is 1. The minimum Gasteiger partial charge on any atom is -0.312 e. The van der Waals surface area contributed by atoms with E-state index >= 15 is 0 Å². The lowest BCUT2D eigenvalue weighted by Gasteiger charge is -2.36. The van der Waals surface area contributed by atoms with E-state index in [1.165, 1.54) is 25.8 Å². The van der Waals surface area contributed by atoms with Crippen LogP contribution in [0.2, 0.25) is 0 Å². The molecule has 0 saturated carbocycles. The van der Waals surface area contributed by atoms with E-state index in [9.17, 15) is 0 Å². The lowest BCUT2D eigenvalue weighted by molar-refractivity contribution is 0.226. The zero-order valence-electron chi connectivity index (χ0n) is 7.41. The normalized spacial score (nSPS) is 32.1. The van der Waals surface area contributed by atoms with Gasteiger partial charge in [0, 0.05) is 5.54 Å². The third-order valence-electron chi connectivity index (χ3n) is 2.53. The van der Waals surface area contributed by atoms with Crippen molar-refractivity contribution in [1.29, 1.82) is 0 Å². The van der Waals surface area contributed by atoms with Crippen molar-refractivity contribution in [2.45, 2.75) is 45.6 Å². The van der Waals surface area contributed by atoms with E-state index in [1.54, 1.807) is 0 Å². The predicted octanol–water partition coefficient (Wildman–Crippen LogP) is 2.17.